The second-order valence-corrected chi connectivity index (χ2v) is 1.75. The molecule has 2 rings (SSSR count). The molecule has 0 amide bonds. The summed E-state index contributed by atoms with van der Waals surface area (Å²) in [6, 6.07) is 7.50. The molecule has 1 heterocycles. The van der Waals surface area contributed by atoms with Crippen LogP contribution in [-0.2, 0) is 0 Å². The maximum Gasteiger partial charge on any atom is 0.135 e. The minimum atomic E-state index is 0.803. The highest BCUT2D eigenvalue weighted by molar-refractivity contribution is 5.72. The Bertz CT molecular complexity index is 286. The molecular weight excluding hydrogens is 140 g/mol. The summed E-state index contributed by atoms with van der Waals surface area (Å²) in [6.45, 7) is 4.00. The molecule has 0 aliphatic carbocycles. The van der Waals surface area contributed by atoms with Gasteiger partial charge in [-0.3, -0.25) is 0 Å². The van der Waals surface area contributed by atoms with Gasteiger partial charge in [-0.1, -0.05) is 26.0 Å². The van der Waals surface area contributed by atoms with Gasteiger partial charge >= 0.3 is 0 Å². The molecule has 0 N–H and O–H groups in total. The lowest BCUT2D eigenvalue weighted by molar-refractivity contribution is 0.315. The molecule has 3 heteroatoms. The fourth-order valence-electron chi connectivity index (χ4n) is 0.727. The second kappa shape index (κ2) is 3.71. The fourth-order valence-corrected chi connectivity index (χ4v) is 0.727. The monoisotopic (exact) mass is 150 g/mol. The molecule has 1 aromatic heterocycles. The zero-order valence-electron chi connectivity index (χ0n) is 6.61. The van der Waals surface area contributed by atoms with E-state index in [2.05, 4.69) is 14.9 Å². The molecule has 2 aromatic rings. The average Bonchev–Trinajstić information content (AvgIpc) is 2.55. The summed E-state index contributed by atoms with van der Waals surface area (Å²) in [7, 11) is 0. The zero-order chi connectivity index (χ0) is 8.10. The van der Waals surface area contributed by atoms with Crippen LogP contribution in [-0.4, -0.2) is 10.3 Å². The van der Waals surface area contributed by atoms with Gasteiger partial charge in [0.25, 0.3) is 0 Å². The van der Waals surface area contributed by atoms with E-state index >= 15 is 0 Å². The lowest BCUT2D eigenvalue weighted by Crippen LogP contribution is -1.63. The quantitative estimate of drug-likeness (QED) is 0.578. The van der Waals surface area contributed by atoms with E-state index in [1.165, 1.54) is 0 Å². The average molecular weight is 150 g/mol. The van der Waals surface area contributed by atoms with Crippen LogP contribution in [0.4, 0.5) is 0 Å². The van der Waals surface area contributed by atoms with Crippen LogP contribution in [0.3, 0.4) is 0 Å². The molecule has 58 valence electrons. The van der Waals surface area contributed by atoms with E-state index in [0.717, 1.165) is 11.0 Å². The first kappa shape index (κ1) is 7.72. The first-order valence-electron chi connectivity index (χ1n) is 3.64. The summed E-state index contributed by atoms with van der Waals surface area (Å²) in [5.41, 5.74) is 1.61. The Labute approximate surface area is 65.0 Å². The third kappa shape index (κ3) is 1.55. The Morgan fingerprint density at radius 3 is 1.91 bits per heavy atom. The van der Waals surface area contributed by atoms with E-state index in [0.29, 0.717) is 0 Å². The van der Waals surface area contributed by atoms with Gasteiger partial charge in [0.1, 0.15) is 11.0 Å². The lowest BCUT2D eigenvalue weighted by Gasteiger charge is -1.76. The number of hydrogen-bond acceptors (Lipinski definition) is 3. The normalized spacial score (nSPS) is 8.91. The van der Waals surface area contributed by atoms with Gasteiger partial charge in [-0.05, 0) is 22.4 Å². The molecule has 0 bridgehead atoms. The third-order valence-corrected chi connectivity index (χ3v) is 1.16. The number of rotatable bonds is 0. The molecule has 0 saturated carbocycles. The van der Waals surface area contributed by atoms with Crippen LogP contribution in [0.25, 0.3) is 11.0 Å². The van der Waals surface area contributed by atoms with Crippen molar-refractivity contribution in [1.29, 1.82) is 0 Å². The molecule has 0 aliphatic rings. The topological polar surface area (TPSA) is 38.9 Å². The smallest absolute Gasteiger partial charge is 0.135 e. The highest BCUT2D eigenvalue weighted by Gasteiger charge is 1.93. The largest absolute Gasteiger partial charge is 0.243 e. The number of benzene rings is 1. The number of aromatic nitrogens is 2. The van der Waals surface area contributed by atoms with Crippen molar-refractivity contribution in [2.24, 2.45) is 0 Å². The van der Waals surface area contributed by atoms with Crippen molar-refractivity contribution in [3.05, 3.63) is 24.3 Å². The Morgan fingerprint density at radius 1 is 1.00 bits per heavy atom. The molecule has 11 heavy (non-hydrogen) atoms. The van der Waals surface area contributed by atoms with Crippen molar-refractivity contribution < 1.29 is 4.63 Å². The van der Waals surface area contributed by atoms with E-state index in [9.17, 15) is 0 Å². The van der Waals surface area contributed by atoms with Crippen molar-refractivity contribution in [3.8, 4) is 0 Å². The Balaban J connectivity index is 0.000000281. The molecule has 0 spiro atoms. The van der Waals surface area contributed by atoms with Crippen LogP contribution in [0.1, 0.15) is 13.8 Å². The molecule has 0 fully saturated rings. The van der Waals surface area contributed by atoms with Crippen molar-refractivity contribution in [2.75, 3.05) is 0 Å². The van der Waals surface area contributed by atoms with E-state index < -0.39 is 0 Å². The Hall–Kier alpha value is -1.38. The van der Waals surface area contributed by atoms with Crippen molar-refractivity contribution in [1.82, 2.24) is 10.3 Å². The van der Waals surface area contributed by atoms with Gasteiger partial charge in [0.05, 0.1) is 0 Å². The minimum absolute atomic E-state index is 0.803. The molecule has 0 radical (unpaired) electrons. The number of nitrogens with zero attached hydrogens (tertiary/aromatic N) is 2. The summed E-state index contributed by atoms with van der Waals surface area (Å²) >= 11 is 0. The van der Waals surface area contributed by atoms with Gasteiger partial charge < -0.3 is 0 Å². The van der Waals surface area contributed by atoms with E-state index in [1.54, 1.807) is 0 Å². The second-order valence-electron chi connectivity index (χ2n) is 1.75. The first-order chi connectivity index (χ1) is 5.47. The molecule has 0 unspecified atom stereocenters. The highest BCUT2D eigenvalue weighted by Crippen LogP contribution is 2.05. The molecule has 1 aromatic carbocycles. The van der Waals surface area contributed by atoms with Crippen LogP contribution in [0.5, 0.6) is 0 Å². The third-order valence-electron chi connectivity index (χ3n) is 1.16. The SMILES string of the molecule is CC.c1ccc2nonc2c1. The maximum absolute atomic E-state index is 4.46. The van der Waals surface area contributed by atoms with Crippen molar-refractivity contribution in [3.63, 3.8) is 0 Å². The van der Waals surface area contributed by atoms with E-state index in [-0.39, 0.29) is 0 Å². The standard InChI is InChI=1S/C6H4N2O.C2H6/c1-2-4-6-5(3-1)7-9-8-6;1-2/h1-4H;1-2H3. The summed E-state index contributed by atoms with van der Waals surface area (Å²) in [4.78, 5) is 0. The van der Waals surface area contributed by atoms with Gasteiger partial charge in [-0.15, -0.1) is 0 Å². The molecule has 0 atom stereocenters. The summed E-state index contributed by atoms with van der Waals surface area (Å²) in [5, 5.41) is 7.27. The van der Waals surface area contributed by atoms with Gasteiger partial charge in [0, 0.05) is 0 Å². The van der Waals surface area contributed by atoms with E-state index in [4.69, 9.17) is 0 Å². The van der Waals surface area contributed by atoms with Crippen molar-refractivity contribution >= 4 is 11.0 Å². The number of hydrogen-bond donors (Lipinski definition) is 0. The summed E-state index contributed by atoms with van der Waals surface area (Å²) in [6.07, 6.45) is 0. The lowest BCUT2D eigenvalue weighted by atomic mass is 10.3. The zero-order valence-corrected chi connectivity index (χ0v) is 6.61. The Kier molecular flexibility index (Phi) is 2.60. The van der Waals surface area contributed by atoms with Crippen LogP contribution < -0.4 is 0 Å². The van der Waals surface area contributed by atoms with Crippen LogP contribution >= 0.6 is 0 Å². The summed E-state index contributed by atoms with van der Waals surface area (Å²) in [5.74, 6) is 0. The van der Waals surface area contributed by atoms with Crippen molar-refractivity contribution in [2.45, 2.75) is 13.8 Å². The van der Waals surface area contributed by atoms with Gasteiger partial charge in [-0.2, -0.15) is 0 Å². The number of fused-ring (bicyclic) bond motifs is 1. The van der Waals surface area contributed by atoms with E-state index in [1.807, 2.05) is 38.1 Å². The molecular formula is C8H10N2O. The highest BCUT2D eigenvalue weighted by atomic mass is 16.6. The predicted molar refractivity (Wildman–Crippen MR) is 43.2 cm³/mol. The van der Waals surface area contributed by atoms with Crippen LogP contribution in [0.2, 0.25) is 0 Å². The van der Waals surface area contributed by atoms with Gasteiger partial charge in [-0.25, -0.2) is 4.63 Å². The van der Waals surface area contributed by atoms with Gasteiger partial charge in [0.2, 0.25) is 0 Å². The van der Waals surface area contributed by atoms with Gasteiger partial charge in [0.15, 0.2) is 0 Å². The van der Waals surface area contributed by atoms with Crippen LogP contribution in [0, 0.1) is 0 Å². The first-order valence-corrected chi connectivity index (χ1v) is 3.64. The molecule has 3 nitrogen and oxygen atoms in total. The fraction of sp³-hybridized carbons (Fsp3) is 0.250. The van der Waals surface area contributed by atoms with Crippen LogP contribution in [0.15, 0.2) is 28.9 Å². The Morgan fingerprint density at radius 2 is 1.45 bits per heavy atom. The minimum Gasteiger partial charge on any atom is -0.243 e. The summed E-state index contributed by atoms with van der Waals surface area (Å²) < 4.78 is 4.46. The predicted octanol–water partition coefficient (Wildman–Crippen LogP) is 2.25. The maximum atomic E-state index is 4.46. The molecule has 0 saturated heterocycles. The molecule has 0 aliphatic heterocycles.